The number of hydrogen-bond acceptors (Lipinski definition) is 3. The maximum absolute atomic E-state index is 5.73. The van der Waals surface area contributed by atoms with E-state index in [9.17, 15) is 0 Å². The highest BCUT2D eigenvalue weighted by molar-refractivity contribution is 5.00. The van der Waals surface area contributed by atoms with Gasteiger partial charge in [0.05, 0.1) is 6.61 Å². The summed E-state index contributed by atoms with van der Waals surface area (Å²) in [5, 5.41) is 3.67. The van der Waals surface area contributed by atoms with Gasteiger partial charge in [-0.2, -0.15) is 0 Å². The van der Waals surface area contributed by atoms with E-state index < -0.39 is 0 Å². The van der Waals surface area contributed by atoms with Crippen LogP contribution in [-0.2, 0) is 4.74 Å². The van der Waals surface area contributed by atoms with Gasteiger partial charge in [-0.05, 0) is 52.2 Å². The highest BCUT2D eigenvalue weighted by atomic mass is 16.5. The second kappa shape index (κ2) is 8.13. The Morgan fingerprint density at radius 1 is 1.11 bits per heavy atom. The Morgan fingerprint density at radius 3 is 2.17 bits per heavy atom. The third-order valence-corrected chi connectivity index (χ3v) is 4.55. The molecule has 0 amide bonds. The molecular formula is C15H32N2O. The Hall–Kier alpha value is -0.120. The van der Waals surface area contributed by atoms with Crippen molar-refractivity contribution in [2.75, 3.05) is 32.8 Å². The number of nitrogens with one attached hydrogen (secondary N) is 1. The van der Waals surface area contributed by atoms with E-state index in [0.717, 1.165) is 19.8 Å². The lowest BCUT2D eigenvalue weighted by Gasteiger charge is -2.47. The van der Waals surface area contributed by atoms with Crippen molar-refractivity contribution in [3.63, 3.8) is 0 Å². The van der Waals surface area contributed by atoms with Gasteiger partial charge in [-0.3, -0.25) is 4.90 Å². The van der Waals surface area contributed by atoms with Crippen LogP contribution in [-0.4, -0.2) is 49.3 Å². The topological polar surface area (TPSA) is 24.5 Å². The Bertz CT molecular complexity index is 211. The van der Waals surface area contributed by atoms with Gasteiger partial charge in [0.25, 0.3) is 0 Å². The lowest BCUT2D eigenvalue weighted by Crippen LogP contribution is -2.61. The van der Waals surface area contributed by atoms with E-state index in [1.165, 1.54) is 38.8 Å². The van der Waals surface area contributed by atoms with Gasteiger partial charge in [0.1, 0.15) is 0 Å². The van der Waals surface area contributed by atoms with Crippen LogP contribution in [0.3, 0.4) is 0 Å². The van der Waals surface area contributed by atoms with Crippen molar-refractivity contribution in [3.05, 3.63) is 0 Å². The molecule has 108 valence electrons. The lowest BCUT2D eigenvalue weighted by atomic mass is 9.83. The second-order valence-electron chi connectivity index (χ2n) is 5.27. The number of nitrogens with zero attached hydrogens (tertiary/aromatic N) is 1. The van der Waals surface area contributed by atoms with Crippen molar-refractivity contribution in [1.29, 1.82) is 0 Å². The van der Waals surface area contributed by atoms with Gasteiger partial charge < -0.3 is 10.1 Å². The van der Waals surface area contributed by atoms with Crippen LogP contribution < -0.4 is 5.32 Å². The predicted octanol–water partition coefficient (Wildman–Crippen LogP) is 2.66. The number of ether oxygens (including phenoxy) is 1. The molecule has 1 N–H and O–H groups in total. The van der Waals surface area contributed by atoms with Crippen LogP contribution in [0, 0.1) is 0 Å². The molecule has 1 aliphatic rings. The quantitative estimate of drug-likeness (QED) is 0.686. The minimum atomic E-state index is 0.279. The molecule has 0 spiro atoms. The Balaban J connectivity index is 2.81. The van der Waals surface area contributed by atoms with Crippen LogP contribution in [0.1, 0.15) is 53.4 Å². The highest BCUT2D eigenvalue weighted by Crippen LogP contribution is 2.31. The van der Waals surface area contributed by atoms with E-state index in [4.69, 9.17) is 4.74 Å². The second-order valence-corrected chi connectivity index (χ2v) is 5.27. The summed E-state index contributed by atoms with van der Waals surface area (Å²) >= 11 is 0. The van der Waals surface area contributed by atoms with E-state index in [0.29, 0.717) is 6.04 Å². The van der Waals surface area contributed by atoms with Crippen LogP contribution in [0.5, 0.6) is 0 Å². The zero-order valence-electron chi connectivity index (χ0n) is 12.8. The van der Waals surface area contributed by atoms with Gasteiger partial charge >= 0.3 is 0 Å². The first-order valence-corrected chi connectivity index (χ1v) is 7.81. The van der Waals surface area contributed by atoms with Crippen molar-refractivity contribution in [3.8, 4) is 0 Å². The molecule has 0 radical (unpaired) electrons. The predicted molar refractivity (Wildman–Crippen MR) is 78.1 cm³/mol. The molecule has 0 aromatic rings. The fraction of sp³-hybridized carbons (Fsp3) is 1.00. The van der Waals surface area contributed by atoms with E-state index in [1.54, 1.807) is 0 Å². The number of likely N-dealkylation sites (tertiary alicyclic amines) is 1. The monoisotopic (exact) mass is 256 g/mol. The standard InChI is InChI=1S/C15H32N2O/c1-5-15(6-2,17-11-9-10-12-17)14(16-7-3)13-18-8-4/h14,16H,5-13H2,1-4H3. The van der Waals surface area contributed by atoms with Gasteiger partial charge in [-0.25, -0.2) is 0 Å². The van der Waals surface area contributed by atoms with E-state index in [2.05, 4.69) is 37.9 Å². The van der Waals surface area contributed by atoms with E-state index in [-0.39, 0.29) is 5.54 Å². The molecule has 0 aromatic heterocycles. The van der Waals surface area contributed by atoms with Gasteiger partial charge in [0.2, 0.25) is 0 Å². The minimum absolute atomic E-state index is 0.279. The molecular weight excluding hydrogens is 224 g/mol. The molecule has 1 saturated heterocycles. The zero-order chi connectivity index (χ0) is 13.4. The number of likely N-dealkylation sites (N-methyl/N-ethyl adjacent to an activating group) is 1. The summed E-state index contributed by atoms with van der Waals surface area (Å²) in [6, 6.07) is 0.454. The van der Waals surface area contributed by atoms with E-state index >= 15 is 0 Å². The Kier molecular flexibility index (Phi) is 7.20. The summed E-state index contributed by atoms with van der Waals surface area (Å²) in [5.74, 6) is 0. The van der Waals surface area contributed by atoms with Crippen molar-refractivity contribution in [2.24, 2.45) is 0 Å². The molecule has 0 aliphatic carbocycles. The molecule has 1 heterocycles. The molecule has 3 heteroatoms. The van der Waals surface area contributed by atoms with Crippen molar-refractivity contribution < 1.29 is 4.74 Å². The molecule has 1 fully saturated rings. The average Bonchev–Trinajstić information content (AvgIpc) is 2.92. The van der Waals surface area contributed by atoms with Gasteiger partial charge in [-0.15, -0.1) is 0 Å². The molecule has 0 bridgehead atoms. The average molecular weight is 256 g/mol. The third kappa shape index (κ3) is 3.46. The van der Waals surface area contributed by atoms with E-state index in [1.807, 2.05) is 0 Å². The molecule has 3 nitrogen and oxygen atoms in total. The maximum Gasteiger partial charge on any atom is 0.0637 e. The van der Waals surface area contributed by atoms with Gasteiger partial charge in [0.15, 0.2) is 0 Å². The lowest BCUT2D eigenvalue weighted by molar-refractivity contribution is 0.0145. The summed E-state index contributed by atoms with van der Waals surface area (Å²) in [7, 11) is 0. The summed E-state index contributed by atoms with van der Waals surface area (Å²) in [5.41, 5.74) is 0.279. The maximum atomic E-state index is 5.73. The Labute approximate surface area is 113 Å². The molecule has 1 rings (SSSR count). The van der Waals surface area contributed by atoms with Crippen molar-refractivity contribution >= 4 is 0 Å². The third-order valence-electron chi connectivity index (χ3n) is 4.55. The molecule has 18 heavy (non-hydrogen) atoms. The molecule has 1 aliphatic heterocycles. The molecule has 0 aromatic carbocycles. The zero-order valence-corrected chi connectivity index (χ0v) is 12.8. The van der Waals surface area contributed by atoms with Crippen LogP contribution in [0.25, 0.3) is 0 Å². The van der Waals surface area contributed by atoms with Crippen molar-refractivity contribution in [1.82, 2.24) is 10.2 Å². The summed E-state index contributed by atoms with van der Waals surface area (Å²) < 4.78 is 5.73. The van der Waals surface area contributed by atoms with Crippen LogP contribution in [0.2, 0.25) is 0 Å². The molecule has 1 atom stereocenters. The van der Waals surface area contributed by atoms with Crippen molar-refractivity contribution in [2.45, 2.75) is 65.0 Å². The summed E-state index contributed by atoms with van der Waals surface area (Å²) in [6.45, 7) is 14.1. The van der Waals surface area contributed by atoms with Crippen LogP contribution in [0.4, 0.5) is 0 Å². The minimum Gasteiger partial charge on any atom is -0.380 e. The fourth-order valence-corrected chi connectivity index (χ4v) is 3.46. The first-order valence-electron chi connectivity index (χ1n) is 7.81. The molecule has 0 saturated carbocycles. The number of rotatable bonds is 9. The summed E-state index contributed by atoms with van der Waals surface area (Å²) in [4.78, 5) is 2.71. The number of hydrogen-bond donors (Lipinski definition) is 1. The smallest absolute Gasteiger partial charge is 0.0637 e. The summed E-state index contributed by atoms with van der Waals surface area (Å²) in [6.07, 6.45) is 5.12. The first kappa shape index (κ1) is 15.9. The highest BCUT2D eigenvalue weighted by Gasteiger charge is 2.41. The van der Waals surface area contributed by atoms with Crippen LogP contribution >= 0.6 is 0 Å². The van der Waals surface area contributed by atoms with Crippen LogP contribution in [0.15, 0.2) is 0 Å². The van der Waals surface area contributed by atoms with Gasteiger partial charge in [0, 0.05) is 18.2 Å². The normalized spacial score (nSPS) is 19.3. The Morgan fingerprint density at radius 2 is 1.72 bits per heavy atom. The largest absolute Gasteiger partial charge is 0.380 e. The first-order chi connectivity index (χ1) is 8.75. The molecule has 1 unspecified atom stereocenters. The van der Waals surface area contributed by atoms with Gasteiger partial charge in [-0.1, -0.05) is 20.8 Å². The fourth-order valence-electron chi connectivity index (χ4n) is 3.46. The SMILES string of the molecule is CCNC(COCC)C(CC)(CC)N1CCCC1.